The molecule has 2 aromatic rings. The Labute approximate surface area is 197 Å². The largest absolute Gasteiger partial charge is 1.00 e. The Morgan fingerprint density at radius 1 is 1.03 bits per heavy atom. The van der Waals surface area contributed by atoms with Crippen molar-refractivity contribution in [3.05, 3.63) is 83.9 Å². The van der Waals surface area contributed by atoms with Crippen molar-refractivity contribution in [1.29, 1.82) is 0 Å². The Kier molecular flexibility index (Phi) is 9.01. The number of nitrogens with zero attached hydrogens (tertiary/aromatic N) is 1. The van der Waals surface area contributed by atoms with Crippen molar-refractivity contribution in [1.82, 2.24) is 0 Å². The van der Waals surface area contributed by atoms with E-state index in [1.165, 1.54) is 18.2 Å². The minimum absolute atomic E-state index is 0. The van der Waals surface area contributed by atoms with Crippen LogP contribution in [0.4, 0.5) is 0 Å². The van der Waals surface area contributed by atoms with Crippen molar-refractivity contribution >= 4 is 6.21 Å². The van der Waals surface area contributed by atoms with E-state index in [1.807, 2.05) is 36.4 Å². The van der Waals surface area contributed by atoms with E-state index in [-0.39, 0.29) is 47.0 Å². The SMILES string of the molecule is C[C@@H]1CC[C@@H](C(C)(C)c2ccccc2)[C@H](O/C([O-])=C/N=Cc2ccccc2)C1.[Na+]. The molecule has 0 heterocycles. The predicted molar refractivity (Wildman–Crippen MR) is 113 cm³/mol. The maximum absolute atomic E-state index is 12.4. The van der Waals surface area contributed by atoms with Gasteiger partial charge >= 0.3 is 29.6 Å². The Balaban J connectivity index is 0.00000300. The third kappa shape index (κ3) is 6.47. The van der Waals surface area contributed by atoms with Crippen LogP contribution in [0.3, 0.4) is 0 Å². The minimum Gasteiger partial charge on any atom is -0.609 e. The molecule has 3 nitrogen and oxygen atoms in total. The van der Waals surface area contributed by atoms with Gasteiger partial charge in [0.25, 0.3) is 0 Å². The van der Waals surface area contributed by atoms with Crippen LogP contribution >= 0.6 is 0 Å². The fourth-order valence-electron chi connectivity index (χ4n) is 4.27. The second kappa shape index (κ2) is 11.0. The summed E-state index contributed by atoms with van der Waals surface area (Å²) < 4.78 is 5.91. The maximum atomic E-state index is 12.4. The molecule has 2 aromatic carbocycles. The molecule has 0 unspecified atom stereocenters. The van der Waals surface area contributed by atoms with Gasteiger partial charge in [-0.05, 0) is 41.2 Å². The van der Waals surface area contributed by atoms with Crippen LogP contribution in [0.25, 0.3) is 0 Å². The molecule has 0 radical (unpaired) electrons. The molecular formula is C25H30NNaO2. The molecule has 3 atom stereocenters. The molecule has 1 fully saturated rings. The number of rotatable bonds is 6. The fraction of sp³-hybridized carbons (Fsp3) is 0.400. The molecule has 1 saturated carbocycles. The minimum atomic E-state index is -0.361. The zero-order chi connectivity index (χ0) is 20.0. The Bertz CT molecular complexity index is 802. The van der Waals surface area contributed by atoms with Crippen LogP contribution in [0.5, 0.6) is 0 Å². The molecule has 29 heavy (non-hydrogen) atoms. The summed E-state index contributed by atoms with van der Waals surface area (Å²) in [5.74, 6) is 0.495. The van der Waals surface area contributed by atoms with Crippen LogP contribution in [0.1, 0.15) is 51.2 Å². The van der Waals surface area contributed by atoms with Crippen molar-refractivity contribution < 1.29 is 39.4 Å². The third-order valence-electron chi connectivity index (χ3n) is 5.97. The summed E-state index contributed by atoms with van der Waals surface area (Å²) >= 11 is 0. The third-order valence-corrected chi connectivity index (χ3v) is 5.97. The van der Waals surface area contributed by atoms with Crippen LogP contribution in [0.15, 0.2) is 77.8 Å². The molecule has 0 saturated heterocycles. The molecule has 0 amide bonds. The number of hydrogen-bond acceptors (Lipinski definition) is 3. The molecule has 1 aliphatic rings. The van der Waals surface area contributed by atoms with Gasteiger partial charge in [-0.25, -0.2) is 0 Å². The average Bonchev–Trinajstić information content (AvgIpc) is 2.69. The van der Waals surface area contributed by atoms with E-state index >= 15 is 0 Å². The van der Waals surface area contributed by atoms with Crippen LogP contribution in [0.2, 0.25) is 0 Å². The van der Waals surface area contributed by atoms with Gasteiger partial charge in [-0.3, -0.25) is 4.99 Å². The Hall–Kier alpha value is -1.55. The van der Waals surface area contributed by atoms with E-state index in [1.54, 1.807) is 6.21 Å². The molecular weight excluding hydrogens is 369 g/mol. The maximum Gasteiger partial charge on any atom is 1.00 e. The van der Waals surface area contributed by atoms with Crippen molar-refractivity contribution in [2.75, 3.05) is 0 Å². The Morgan fingerprint density at radius 2 is 1.66 bits per heavy atom. The van der Waals surface area contributed by atoms with Crippen molar-refractivity contribution in [3.63, 3.8) is 0 Å². The van der Waals surface area contributed by atoms with Gasteiger partial charge in [-0.15, -0.1) is 0 Å². The van der Waals surface area contributed by atoms with E-state index in [2.05, 4.69) is 50.0 Å². The van der Waals surface area contributed by atoms with Gasteiger partial charge in [-0.2, -0.15) is 0 Å². The fourth-order valence-corrected chi connectivity index (χ4v) is 4.27. The summed E-state index contributed by atoms with van der Waals surface area (Å²) in [5.41, 5.74) is 2.20. The monoisotopic (exact) mass is 399 g/mol. The molecule has 0 spiro atoms. The second-order valence-electron chi connectivity index (χ2n) is 8.41. The molecule has 3 rings (SSSR count). The summed E-state index contributed by atoms with van der Waals surface area (Å²) in [5, 5.41) is 12.4. The molecule has 148 valence electrons. The molecule has 4 heteroatoms. The number of hydrogen-bond donors (Lipinski definition) is 0. The standard InChI is InChI=1S/C25H31NO2.Na/c1-19-14-15-22(25(2,3)21-12-8-5-9-13-21)23(16-19)28-24(27)18-26-17-20-10-6-4-7-11-20;/h4-13,17-19,22-23,27H,14-16H2,1-3H3;/q;+1/p-1/b24-18+,26-17?;/t19-,22-,23-;/m1./s1. The first kappa shape index (κ1) is 23.7. The van der Waals surface area contributed by atoms with Crippen molar-refractivity contribution in [2.24, 2.45) is 16.8 Å². The molecule has 1 aliphatic carbocycles. The first-order chi connectivity index (χ1) is 13.5. The second-order valence-corrected chi connectivity index (χ2v) is 8.41. The zero-order valence-electron chi connectivity index (χ0n) is 18.0. The van der Waals surface area contributed by atoms with E-state index in [0.717, 1.165) is 18.4 Å². The summed E-state index contributed by atoms with van der Waals surface area (Å²) in [6, 6.07) is 20.3. The summed E-state index contributed by atoms with van der Waals surface area (Å²) in [6.07, 6.45) is 6.02. The van der Waals surface area contributed by atoms with Gasteiger partial charge in [-0.1, -0.05) is 87.9 Å². The van der Waals surface area contributed by atoms with Crippen LogP contribution in [-0.4, -0.2) is 12.3 Å². The average molecular weight is 400 g/mol. The topological polar surface area (TPSA) is 44.6 Å². The summed E-state index contributed by atoms with van der Waals surface area (Å²) in [4.78, 5) is 4.15. The van der Waals surface area contributed by atoms with Crippen molar-refractivity contribution in [3.8, 4) is 0 Å². The predicted octanol–water partition coefficient (Wildman–Crippen LogP) is 2.07. The van der Waals surface area contributed by atoms with Gasteiger partial charge in [0.2, 0.25) is 0 Å². The molecule has 0 aliphatic heterocycles. The molecule has 0 bridgehead atoms. The number of aliphatic imine (C=N–C) groups is 1. The quantitative estimate of drug-likeness (QED) is 0.424. The van der Waals surface area contributed by atoms with Crippen LogP contribution in [0, 0.1) is 11.8 Å². The van der Waals surface area contributed by atoms with Gasteiger partial charge in [0, 0.05) is 18.5 Å². The van der Waals surface area contributed by atoms with Crippen LogP contribution in [-0.2, 0) is 10.2 Å². The summed E-state index contributed by atoms with van der Waals surface area (Å²) in [6.45, 7) is 6.77. The molecule has 0 aromatic heterocycles. The van der Waals surface area contributed by atoms with E-state index in [9.17, 15) is 5.11 Å². The Morgan fingerprint density at radius 3 is 2.31 bits per heavy atom. The first-order valence-corrected chi connectivity index (χ1v) is 10.1. The number of benzene rings is 2. The zero-order valence-corrected chi connectivity index (χ0v) is 20.0. The van der Waals surface area contributed by atoms with E-state index in [4.69, 9.17) is 4.74 Å². The normalized spacial score (nSPS) is 22.9. The van der Waals surface area contributed by atoms with Gasteiger partial charge < -0.3 is 9.84 Å². The summed E-state index contributed by atoms with van der Waals surface area (Å²) in [7, 11) is 0. The van der Waals surface area contributed by atoms with E-state index in [0.29, 0.717) is 11.8 Å². The van der Waals surface area contributed by atoms with Crippen molar-refractivity contribution in [2.45, 2.75) is 51.6 Å². The van der Waals surface area contributed by atoms with E-state index < -0.39 is 0 Å². The van der Waals surface area contributed by atoms with Gasteiger partial charge in [0.1, 0.15) is 0 Å². The number of ether oxygens (including phenoxy) is 1. The molecule has 0 N–H and O–H groups in total. The van der Waals surface area contributed by atoms with Crippen LogP contribution < -0.4 is 34.7 Å². The smallest absolute Gasteiger partial charge is 0.609 e. The first-order valence-electron chi connectivity index (χ1n) is 10.1. The van der Waals surface area contributed by atoms with Gasteiger partial charge in [0.15, 0.2) is 0 Å². The van der Waals surface area contributed by atoms with Gasteiger partial charge in [0.05, 0.1) is 5.95 Å².